The summed E-state index contributed by atoms with van der Waals surface area (Å²) in [6.45, 7) is 4.94. The molecule has 0 radical (unpaired) electrons. The highest BCUT2D eigenvalue weighted by molar-refractivity contribution is 7.92. The van der Waals surface area contributed by atoms with Crippen molar-refractivity contribution in [2.45, 2.75) is 13.8 Å². The molecular weight excluding hydrogens is 288 g/mol. The molecule has 0 spiro atoms. The summed E-state index contributed by atoms with van der Waals surface area (Å²) in [7, 11) is -3.43. The minimum Gasteiger partial charge on any atom is -0.339 e. The highest BCUT2D eigenvalue weighted by atomic mass is 35.5. The van der Waals surface area contributed by atoms with Crippen LogP contribution in [0.2, 0.25) is 5.02 Å². The zero-order chi connectivity index (χ0) is 14.6. The molecule has 1 amide bonds. The second kappa shape index (κ2) is 6.25. The van der Waals surface area contributed by atoms with Gasteiger partial charge in [0.1, 0.15) is 0 Å². The number of nitrogens with zero attached hydrogens (tertiary/aromatic N) is 1. The number of amides is 1. The maximum atomic E-state index is 12.1. The van der Waals surface area contributed by atoms with E-state index in [9.17, 15) is 13.2 Å². The molecule has 0 atom stereocenters. The number of hydrogen-bond acceptors (Lipinski definition) is 3. The van der Waals surface area contributed by atoms with Crippen LogP contribution in [-0.2, 0) is 10.0 Å². The third kappa shape index (κ3) is 4.40. The first kappa shape index (κ1) is 15.8. The number of hydrogen-bond donors (Lipinski definition) is 1. The predicted octanol–water partition coefficient (Wildman–Crippen LogP) is 2.19. The predicted molar refractivity (Wildman–Crippen MR) is 77.2 cm³/mol. The van der Waals surface area contributed by atoms with Gasteiger partial charge in [-0.05, 0) is 32.0 Å². The molecule has 0 aliphatic heterocycles. The Bertz CT molecular complexity index is 568. The fourth-order valence-corrected chi connectivity index (χ4v) is 2.42. The fraction of sp³-hybridized carbons (Fsp3) is 0.417. The van der Waals surface area contributed by atoms with Gasteiger partial charge in [-0.3, -0.25) is 9.52 Å². The Morgan fingerprint density at radius 3 is 2.37 bits per heavy atom. The van der Waals surface area contributed by atoms with Crippen molar-refractivity contribution >= 4 is 33.2 Å². The molecule has 0 aliphatic rings. The van der Waals surface area contributed by atoms with Gasteiger partial charge in [-0.1, -0.05) is 11.6 Å². The van der Waals surface area contributed by atoms with Crippen molar-refractivity contribution in [1.29, 1.82) is 0 Å². The van der Waals surface area contributed by atoms with E-state index in [2.05, 4.69) is 4.72 Å². The Labute approximate surface area is 118 Å². The van der Waals surface area contributed by atoms with E-state index in [0.717, 1.165) is 6.26 Å². The quantitative estimate of drug-likeness (QED) is 0.907. The van der Waals surface area contributed by atoms with E-state index < -0.39 is 10.0 Å². The molecule has 19 heavy (non-hydrogen) atoms. The number of nitrogens with one attached hydrogen (secondary N) is 1. The normalized spacial score (nSPS) is 11.2. The van der Waals surface area contributed by atoms with Crippen molar-refractivity contribution in [2.24, 2.45) is 0 Å². The number of sulfonamides is 1. The summed E-state index contributed by atoms with van der Waals surface area (Å²) in [5.41, 5.74) is 0.612. The lowest BCUT2D eigenvalue weighted by Crippen LogP contribution is -2.30. The molecule has 7 heteroatoms. The second-order valence-corrected chi connectivity index (χ2v) is 6.20. The van der Waals surface area contributed by atoms with E-state index in [0.29, 0.717) is 18.7 Å². The average Bonchev–Trinajstić information content (AvgIpc) is 2.31. The standard InChI is InChI=1S/C12H17ClN2O3S/c1-4-15(5-2)12(16)9-6-7-10(13)11(8-9)14-19(3,17)18/h6-8,14H,4-5H2,1-3H3. The van der Waals surface area contributed by atoms with Crippen LogP contribution in [0.5, 0.6) is 0 Å². The molecule has 0 saturated heterocycles. The van der Waals surface area contributed by atoms with Crippen molar-refractivity contribution in [3.05, 3.63) is 28.8 Å². The summed E-state index contributed by atoms with van der Waals surface area (Å²) in [4.78, 5) is 13.8. The molecule has 0 fully saturated rings. The first-order chi connectivity index (χ1) is 8.78. The number of rotatable bonds is 5. The Morgan fingerprint density at radius 1 is 1.32 bits per heavy atom. The molecular formula is C12H17ClN2O3S. The van der Waals surface area contributed by atoms with Crippen molar-refractivity contribution < 1.29 is 13.2 Å². The number of carbonyl (C=O) groups excluding carboxylic acids is 1. The minimum absolute atomic E-state index is 0.154. The molecule has 1 rings (SSSR count). The van der Waals surface area contributed by atoms with Gasteiger partial charge in [0, 0.05) is 18.7 Å². The van der Waals surface area contributed by atoms with Crippen molar-refractivity contribution in [1.82, 2.24) is 4.90 Å². The van der Waals surface area contributed by atoms with E-state index in [1.165, 1.54) is 12.1 Å². The van der Waals surface area contributed by atoms with Crippen LogP contribution in [0.3, 0.4) is 0 Å². The highest BCUT2D eigenvalue weighted by Crippen LogP contribution is 2.24. The summed E-state index contributed by atoms with van der Waals surface area (Å²) in [5, 5.41) is 0.251. The van der Waals surface area contributed by atoms with Crippen molar-refractivity contribution in [2.75, 3.05) is 24.1 Å². The van der Waals surface area contributed by atoms with Crippen LogP contribution < -0.4 is 4.72 Å². The molecule has 0 aliphatic carbocycles. The number of halogens is 1. The monoisotopic (exact) mass is 304 g/mol. The molecule has 1 aromatic rings. The average molecular weight is 305 g/mol. The molecule has 0 aromatic heterocycles. The van der Waals surface area contributed by atoms with Crippen LogP contribution in [0.25, 0.3) is 0 Å². The lowest BCUT2D eigenvalue weighted by atomic mass is 10.1. The first-order valence-electron chi connectivity index (χ1n) is 5.85. The van der Waals surface area contributed by atoms with Gasteiger partial charge in [-0.15, -0.1) is 0 Å². The molecule has 106 valence electrons. The Morgan fingerprint density at radius 2 is 1.89 bits per heavy atom. The maximum absolute atomic E-state index is 12.1. The van der Waals surface area contributed by atoms with Gasteiger partial charge in [0.15, 0.2) is 0 Å². The minimum atomic E-state index is -3.43. The van der Waals surface area contributed by atoms with Crippen LogP contribution in [0.1, 0.15) is 24.2 Å². The van der Waals surface area contributed by atoms with Gasteiger partial charge in [-0.25, -0.2) is 8.42 Å². The van der Waals surface area contributed by atoms with E-state index in [1.807, 2.05) is 13.8 Å². The SMILES string of the molecule is CCN(CC)C(=O)c1ccc(Cl)c(NS(C)(=O)=O)c1. The number of anilines is 1. The Kier molecular flexibility index (Phi) is 5.20. The van der Waals surface area contributed by atoms with Gasteiger partial charge in [0.05, 0.1) is 17.0 Å². The summed E-state index contributed by atoms with van der Waals surface area (Å²) in [6, 6.07) is 4.53. The molecule has 0 bridgehead atoms. The summed E-state index contributed by atoms with van der Waals surface area (Å²) < 4.78 is 24.7. The smallest absolute Gasteiger partial charge is 0.253 e. The van der Waals surface area contributed by atoms with Crippen LogP contribution in [0, 0.1) is 0 Å². The topological polar surface area (TPSA) is 66.5 Å². The van der Waals surface area contributed by atoms with E-state index >= 15 is 0 Å². The first-order valence-corrected chi connectivity index (χ1v) is 8.12. The third-order valence-corrected chi connectivity index (χ3v) is 3.48. The molecule has 0 saturated carbocycles. The van der Waals surface area contributed by atoms with Gasteiger partial charge >= 0.3 is 0 Å². The van der Waals surface area contributed by atoms with Gasteiger partial charge in [-0.2, -0.15) is 0 Å². The molecule has 1 N–H and O–H groups in total. The van der Waals surface area contributed by atoms with Crippen LogP contribution in [-0.4, -0.2) is 38.6 Å². The van der Waals surface area contributed by atoms with Crippen LogP contribution >= 0.6 is 11.6 Å². The third-order valence-electron chi connectivity index (χ3n) is 2.56. The Balaban J connectivity index is 3.12. The lowest BCUT2D eigenvalue weighted by molar-refractivity contribution is 0.0773. The van der Waals surface area contributed by atoms with E-state index in [4.69, 9.17) is 11.6 Å². The summed E-state index contributed by atoms with van der Waals surface area (Å²) >= 11 is 5.90. The van der Waals surface area contributed by atoms with E-state index in [-0.39, 0.29) is 16.6 Å². The second-order valence-electron chi connectivity index (χ2n) is 4.05. The Hall–Kier alpha value is -1.27. The van der Waals surface area contributed by atoms with Crippen molar-refractivity contribution in [3.8, 4) is 0 Å². The summed E-state index contributed by atoms with van der Waals surface area (Å²) in [5.74, 6) is -0.154. The molecule has 0 heterocycles. The lowest BCUT2D eigenvalue weighted by Gasteiger charge is -2.19. The molecule has 0 unspecified atom stereocenters. The van der Waals surface area contributed by atoms with Gasteiger partial charge in [0.25, 0.3) is 5.91 Å². The van der Waals surface area contributed by atoms with Crippen LogP contribution in [0.15, 0.2) is 18.2 Å². The largest absolute Gasteiger partial charge is 0.339 e. The van der Waals surface area contributed by atoms with Gasteiger partial charge < -0.3 is 4.90 Å². The number of carbonyl (C=O) groups is 1. The van der Waals surface area contributed by atoms with E-state index in [1.54, 1.807) is 11.0 Å². The van der Waals surface area contributed by atoms with Crippen LogP contribution in [0.4, 0.5) is 5.69 Å². The zero-order valence-corrected chi connectivity index (χ0v) is 12.7. The summed E-state index contributed by atoms with van der Waals surface area (Å²) in [6.07, 6.45) is 1.03. The number of benzene rings is 1. The molecule has 1 aromatic carbocycles. The zero-order valence-electron chi connectivity index (χ0n) is 11.1. The fourth-order valence-electron chi connectivity index (χ4n) is 1.63. The van der Waals surface area contributed by atoms with Gasteiger partial charge in [0.2, 0.25) is 10.0 Å². The maximum Gasteiger partial charge on any atom is 0.253 e. The molecule has 5 nitrogen and oxygen atoms in total. The van der Waals surface area contributed by atoms with Crippen molar-refractivity contribution in [3.63, 3.8) is 0 Å². The highest BCUT2D eigenvalue weighted by Gasteiger charge is 2.15.